The fraction of sp³-hybridized carbons (Fsp3) is 0.333. The van der Waals surface area contributed by atoms with E-state index in [0.717, 1.165) is 6.08 Å². The van der Waals surface area contributed by atoms with Crippen molar-refractivity contribution in [3.05, 3.63) is 41.2 Å². The maximum absolute atomic E-state index is 13.1. The summed E-state index contributed by atoms with van der Waals surface area (Å²) in [4.78, 5) is -0.322. The molecular weight excluding hydrogens is 323 g/mol. The van der Waals surface area contributed by atoms with Crippen LogP contribution in [-0.4, -0.2) is 12.3 Å². The van der Waals surface area contributed by atoms with Crippen molar-refractivity contribution in [1.29, 1.82) is 0 Å². The van der Waals surface area contributed by atoms with E-state index >= 15 is 0 Å². The molecule has 0 bridgehead atoms. The number of benzene rings is 1. The second-order valence-corrected chi connectivity index (χ2v) is 4.97. The lowest BCUT2D eigenvalue weighted by atomic mass is 10.1. The predicted molar refractivity (Wildman–Crippen MR) is 65.4 cm³/mol. The van der Waals surface area contributed by atoms with Gasteiger partial charge in [0.2, 0.25) is 0 Å². The van der Waals surface area contributed by atoms with Crippen LogP contribution in [0.4, 0.5) is 30.7 Å². The van der Waals surface area contributed by atoms with Crippen LogP contribution in [0.5, 0.6) is 0 Å². The molecule has 0 aromatic heterocycles. The molecule has 0 atom stereocenters. The lowest BCUT2D eigenvalue weighted by Crippen LogP contribution is -2.11. The number of rotatable bonds is 4. The lowest BCUT2D eigenvalue weighted by molar-refractivity contribution is -0.143. The van der Waals surface area contributed by atoms with Crippen molar-refractivity contribution in [3.63, 3.8) is 0 Å². The molecule has 2 N–H and O–H groups in total. The highest BCUT2D eigenvalue weighted by molar-refractivity contribution is 7.99. The van der Waals surface area contributed by atoms with Gasteiger partial charge in [0, 0.05) is 17.2 Å². The summed E-state index contributed by atoms with van der Waals surface area (Å²) in [5.41, 5.74) is 2.18. The van der Waals surface area contributed by atoms with Gasteiger partial charge in [-0.25, -0.2) is 4.39 Å². The van der Waals surface area contributed by atoms with Gasteiger partial charge >= 0.3 is 12.4 Å². The molecule has 21 heavy (non-hydrogen) atoms. The number of halogens is 7. The zero-order valence-electron chi connectivity index (χ0n) is 10.4. The molecule has 0 aliphatic carbocycles. The molecule has 9 heteroatoms. The SMILES string of the molecule is NC/C=C(\F)CSc1cc(C(F)(F)F)cc(C(F)(F)F)c1. The van der Waals surface area contributed by atoms with E-state index in [1.807, 2.05) is 0 Å². The van der Waals surface area contributed by atoms with Crippen LogP contribution in [0.1, 0.15) is 11.1 Å². The summed E-state index contributed by atoms with van der Waals surface area (Å²) >= 11 is 0.530. The van der Waals surface area contributed by atoms with Crippen LogP contribution in [-0.2, 0) is 12.4 Å². The first-order valence-electron chi connectivity index (χ1n) is 5.51. The molecule has 0 aliphatic heterocycles. The second kappa shape index (κ2) is 6.69. The van der Waals surface area contributed by atoms with E-state index < -0.39 is 35.1 Å². The van der Waals surface area contributed by atoms with E-state index in [4.69, 9.17) is 5.73 Å². The Balaban J connectivity index is 3.11. The molecule has 0 amide bonds. The third kappa shape index (κ3) is 5.58. The Hall–Kier alpha value is -1.22. The number of hydrogen-bond donors (Lipinski definition) is 1. The van der Waals surface area contributed by atoms with E-state index in [0.29, 0.717) is 23.9 Å². The first-order chi connectivity index (χ1) is 9.54. The molecular formula is C12H10F7NS. The zero-order valence-corrected chi connectivity index (χ0v) is 11.2. The largest absolute Gasteiger partial charge is 0.416 e. The molecule has 1 nitrogen and oxygen atoms in total. The van der Waals surface area contributed by atoms with E-state index in [1.54, 1.807) is 0 Å². The monoisotopic (exact) mass is 333 g/mol. The molecule has 0 fully saturated rings. The van der Waals surface area contributed by atoms with Crippen LogP contribution < -0.4 is 5.73 Å². The molecule has 0 heterocycles. The lowest BCUT2D eigenvalue weighted by Gasteiger charge is -2.13. The van der Waals surface area contributed by atoms with Gasteiger partial charge in [0.05, 0.1) is 11.1 Å². The van der Waals surface area contributed by atoms with Crippen LogP contribution >= 0.6 is 11.8 Å². The first kappa shape index (κ1) is 17.8. The highest BCUT2D eigenvalue weighted by atomic mass is 32.2. The molecule has 118 valence electrons. The van der Waals surface area contributed by atoms with Crippen molar-refractivity contribution in [2.75, 3.05) is 12.3 Å². The van der Waals surface area contributed by atoms with Crippen molar-refractivity contribution in [3.8, 4) is 0 Å². The summed E-state index contributed by atoms with van der Waals surface area (Å²) in [6.45, 7) is -0.108. The third-order valence-corrected chi connectivity index (χ3v) is 3.27. The van der Waals surface area contributed by atoms with Gasteiger partial charge in [-0.3, -0.25) is 0 Å². The minimum atomic E-state index is -4.91. The van der Waals surface area contributed by atoms with Gasteiger partial charge in [-0.05, 0) is 24.3 Å². The van der Waals surface area contributed by atoms with Gasteiger partial charge in [0.1, 0.15) is 5.83 Å². The van der Waals surface area contributed by atoms with Crippen molar-refractivity contribution >= 4 is 11.8 Å². The average Bonchev–Trinajstić information content (AvgIpc) is 2.34. The Kier molecular flexibility index (Phi) is 5.68. The molecule has 0 saturated heterocycles. The van der Waals surface area contributed by atoms with Crippen molar-refractivity contribution < 1.29 is 30.7 Å². The molecule has 0 aliphatic rings. The highest BCUT2D eigenvalue weighted by Gasteiger charge is 2.36. The molecule has 1 rings (SSSR count). The standard InChI is InChI=1S/C12H10F7NS/c13-9(1-2-20)6-21-10-4-7(11(14,15)16)3-8(5-10)12(17,18)19/h1,3-5H,2,6,20H2/b9-1-. The Bertz CT molecular complexity index is 487. The predicted octanol–water partition coefficient (Wildman–Crippen LogP) is 4.63. The van der Waals surface area contributed by atoms with Crippen LogP contribution in [0.25, 0.3) is 0 Å². The Labute approximate surface area is 120 Å². The topological polar surface area (TPSA) is 26.0 Å². The number of alkyl halides is 6. The summed E-state index contributed by atoms with van der Waals surface area (Å²) in [6.07, 6.45) is -8.84. The Morgan fingerprint density at radius 1 is 1.00 bits per heavy atom. The van der Waals surface area contributed by atoms with Gasteiger partial charge in [-0.2, -0.15) is 26.3 Å². The molecule has 1 aromatic carbocycles. The maximum atomic E-state index is 13.1. The summed E-state index contributed by atoms with van der Waals surface area (Å²) in [7, 11) is 0. The number of thioether (sulfide) groups is 1. The van der Waals surface area contributed by atoms with Crippen molar-refractivity contribution in [2.45, 2.75) is 17.2 Å². The third-order valence-electron chi connectivity index (χ3n) is 2.28. The van der Waals surface area contributed by atoms with Gasteiger partial charge in [-0.15, -0.1) is 11.8 Å². The van der Waals surface area contributed by atoms with E-state index in [9.17, 15) is 30.7 Å². The van der Waals surface area contributed by atoms with E-state index in [-0.39, 0.29) is 17.5 Å². The highest BCUT2D eigenvalue weighted by Crippen LogP contribution is 2.38. The van der Waals surface area contributed by atoms with E-state index in [2.05, 4.69) is 0 Å². The van der Waals surface area contributed by atoms with Crippen LogP contribution in [0.15, 0.2) is 35.0 Å². The normalized spacial score (nSPS) is 13.6. The summed E-state index contributed by atoms with van der Waals surface area (Å²) < 4.78 is 88.5. The number of nitrogens with two attached hydrogens (primary N) is 1. The molecule has 0 saturated carbocycles. The quantitative estimate of drug-likeness (QED) is 0.642. The fourth-order valence-electron chi connectivity index (χ4n) is 1.35. The Morgan fingerprint density at radius 2 is 1.48 bits per heavy atom. The van der Waals surface area contributed by atoms with Crippen LogP contribution in [0, 0.1) is 0 Å². The molecule has 0 spiro atoms. The Morgan fingerprint density at radius 3 is 1.86 bits per heavy atom. The summed E-state index contributed by atoms with van der Waals surface area (Å²) in [5, 5.41) is 0. The number of hydrogen-bond acceptors (Lipinski definition) is 2. The van der Waals surface area contributed by atoms with Crippen LogP contribution in [0.3, 0.4) is 0 Å². The fourth-order valence-corrected chi connectivity index (χ4v) is 2.19. The molecule has 0 unspecified atom stereocenters. The first-order valence-corrected chi connectivity index (χ1v) is 6.49. The van der Waals surface area contributed by atoms with Gasteiger partial charge < -0.3 is 5.73 Å². The minimum Gasteiger partial charge on any atom is -0.327 e. The maximum Gasteiger partial charge on any atom is 0.416 e. The van der Waals surface area contributed by atoms with Crippen molar-refractivity contribution in [1.82, 2.24) is 0 Å². The smallest absolute Gasteiger partial charge is 0.327 e. The van der Waals surface area contributed by atoms with Gasteiger partial charge in [0.25, 0.3) is 0 Å². The summed E-state index contributed by atoms with van der Waals surface area (Å²) in [5.74, 6) is -1.11. The van der Waals surface area contributed by atoms with Crippen LogP contribution in [0.2, 0.25) is 0 Å². The summed E-state index contributed by atoms with van der Waals surface area (Å²) in [6, 6.07) is 1.13. The minimum absolute atomic E-state index is 0.0239. The molecule has 1 aromatic rings. The van der Waals surface area contributed by atoms with Gasteiger partial charge in [0.15, 0.2) is 0 Å². The van der Waals surface area contributed by atoms with Gasteiger partial charge in [-0.1, -0.05) is 0 Å². The average molecular weight is 333 g/mol. The van der Waals surface area contributed by atoms with E-state index in [1.165, 1.54) is 0 Å². The van der Waals surface area contributed by atoms with Crippen molar-refractivity contribution in [2.24, 2.45) is 5.73 Å². The zero-order chi connectivity index (χ0) is 16.3. The molecule has 0 radical (unpaired) electrons. The second-order valence-electron chi connectivity index (χ2n) is 3.92.